The number of hydrogen-bond acceptors (Lipinski definition) is 3. The SMILES string of the molecule is Cc1ccc(-n2c(/C=C/c3ccc(O)cc3)nc3ccccc3c2=O)cc1. The highest BCUT2D eigenvalue weighted by atomic mass is 16.3. The maximum atomic E-state index is 13.1. The molecule has 0 aliphatic rings. The van der Waals surface area contributed by atoms with E-state index in [9.17, 15) is 9.90 Å². The molecule has 0 radical (unpaired) electrons. The Hall–Kier alpha value is -3.66. The number of fused-ring (bicyclic) bond motifs is 1. The molecule has 0 bridgehead atoms. The van der Waals surface area contributed by atoms with E-state index < -0.39 is 0 Å². The Balaban J connectivity index is 1.92. The van der Waals surface area contributed by atoms with Crippen LogP contribution in [0.15, 0.2) is 77.6 Å². The van der Waals surface area contributed by atoms with Gasteiger partial charge in [-0.05, 0) is 55.0 Å². The van der Waals surface area contributed by atoms with Gasteiger partial charge in [0.2, 0.25) is 0 Å². The molecule has 0 fully saturated rings. The molecule has 4 rings (SSSR count). The zero-order chi connectivity index (χ0) is 18.8. The Kier molecular flexibility index (Phi) is 4.30. The molecule has 0 unspecified atom stereocenters. The molecule has 1 heterocycles. The lowest BCUT2D eigenvalue weighted by atomic mass is 10.2. The fourth-order valence-corrected chi connectivity index (χ4v) is 2.96. The summed E-state index contributed by atoms with van der Waals surface area (Å²) in [6, 6.07) is 22.0. The smallest absolute Gasteiger partial charge is 0.266 e. The second-order valence-electron chi connectivity index (χ2n) is 6.39. The van der Waals surface area contributed by atoms with Crippen molar-refractivity contribution in [2.75, 3.05) is 0 Å². The quantitative estimate of drug-likeness (QED) is 0.586. The molecule has 132 valence electrons. The van der Waals surface area contributed by atoms with Crippen LogP contribution < -0.4 is 5.56 Å². The van der Waals surface area contributed by atoms with Crippen molar-refractivity contribution in [3.05, 3.63) is 100 Å². The minimum atomic E-state index is -0.102. The highest BCUT2D eigenvalue weighted by Gasteiger charge is 2.10. The molecule has 0 aliphatic heterocycles. The molecule has 3 aromatic carbocycles. The van der Waals surface area contributed by atoms with Crippen molar-refractivity contribution < 1.29 is 5.11 Å². The van der Waals surface area contributed by atoms with Crippen molar-refractivity contribution in [1.82, 2.24) is 9.55 Å². The third-order valence-electron chi connectivity index (χ3n) is 4.41. The van der Waals surface area contributed by atoms with Crippen LogP contribution in [-0.4, -0.2) is 14.7 Å². The molecule has 0 amide bonds. The third kappa shape index (κ3) is 3.37. The summed E-state index contributed by atoms with van der Waals surface area (Å²) in [7, 11) is 0. The second kappa shape index (κ2) is 6.92. The third-order valence-corrected chi connectivity index (χ3v) is 4.41. The molecule has 0 saturated heterocycles. The van der Waals surface area contributed by atoms with Crippen LogP contribution in [0.2, 0.25) is 0 Å². The molecule has 4 aromatic rings. The Morgan fingerprint density at radius 3 is 2.33 bits per heavy atom. The molecular formula is C23H18N2O2. The van der Waals surface area contributed by atoms with Crippen molar-refractivity contribution in [3.8, 4) is 11.4 Å². The van der Waals surface area contributed by atoms with Crippen LogP contribution in [0.5, 0.6) is 5.75 Å². The van der Waals surface area contributed by atoms with Crippen molar-refractivity contribution in [1.29, 1.82) is 0 Å². The number of hydrogen-bond donors (Lipinski definition) is 1. The van der Waals surface area contributed by atoms with E-state index in [-0.39, 0.29) is 11.3 Å². The lowest BCUT2D eigenvalue weighted by Crippen LogP contribution is -2.22. The zero-order valence-corrected chi connectivity index (χ0v) is 14.8. The number of phenols is 1. The second-order valence-corrected chi connectivity index (χ2v) is 6.39. The van der Waals surface area contributed by atoms with E-state index >= 15 is 0 Å². The molecule has 27 heavy (non-hydrogen) atoms. The topological polar surface area (TPSA) is 55.1 Å². The first-order valence-electron chi connectivity index (χ1n) is 8.68. The van der Waals surface area contributed by atoms with E-state index in [1.165, 1.54) is 0 Å². The molecule has 0 aliphatic carbocycles. The number of benzene rings is 3. The van der Waals surface area contributed by atoms with Crippen LogP contribution in [0.3, 0.4) is 0 Å². The molecule has 1 aromatic heterocycles. The number of para-hydroxylation sites is 1. The normalized spacial score (nSPS) is 11.3. The van der Waals surface area contributed by atoms with Gasteiger partial charge in [0.15, 0.2) is 0 Å². The van der Waals surface area contributed by atoms with Crippen molar-refractivity contribution >= 4 is 23.1 Å². The first-order chi connectivity index (χ1) is 13.1. The molecule has 4 heteroatoms. The summed E-state index contributed by atoms with van der Waals surface area (Å²) in [5.41, 5.74) is 3.37. The Bertz CT molecular complexity index is 1190. The van der Waals surface area contributed by atoms with Gasteiger partial charge >= 0.3 is 0 Å². The van der Waals surface area contributed by atoms with E-state index in [0.717, 1.165) is 16.8 Å². The fraction of sp³-hybridized carbons (Fsp3) is 0.0435. The maximum Gasteiger partial charge on any atom is 0.266 e. The Morgan fingerprint density at radius 1 is 0.889 bits per heavy atom. The monoisotopic (exact) mass is 354 g/mol. The highest BCUT2D eigenvalue weighted by Crippen LogP contribution is 2.17. The van der Waals surface area contributed by atoms with E-state index in [1.807, 2.05) is 61.5 Å². The lowest BCUT2D eigenvalue weighted by Gasteiger charge is -2.11. The summed E-state index contributed by atoms with van der Waals surface area (Å²) in [6.45, 7) is 2.01. The Labute approximate surface area is 156 Å². The van der Waals surface area contributed by atoms with Crippen molar-refractivity contribution in [2.45, 2.75) is 6.92 Å². The number of phenolic OH excluding ortho intramolecular Hbond substituents is 1. The van der Waals surface area contributed by atoms with Gasteiger partial charge in [-0.2, -0.15) is 0 Å². The predicted octanol–water partition coefficient (Wildman–Crippen LogP) is 4.57. The molecule has 0 atom stereocenters. The van der Waals surface area contributed by atoms with Crippen LogP contribution in [-0.2, 0) is 0 Å². The number of aromatic nitrogens is 2. The first-order valence-corrected chi connectivity index (χ1v) is 8.68. The van der Waals surface area contributed by atoms with Gasteiger partial charge in [0.25, 0.3) is 5.56 Å². The van der Waals surface area contributed by atoms with Gasteiger partial charge in [-0.3, -0.25) is 9.36 Å². The van der Waals surface area contributed by atoms with Gasteiger partial charge in [0.05, 0.1) is 16.6 Å². The van der Waals surface area contributed by atoms with Crippen LogP contribution >= 0.6 is 0 Å². The number of rotatable bonds is 3. The molecule has 1 N–H and O–H groups in total. The van der Waals surface area contributed by atoms with Crippen LogP contribution in [0.1, 0.15) is 17.0 Å². The van der Waals surface area contributed by atoms with Gasteiger partial charge in [-0.1, -0.05) is 48.0 Å². The van der Waals surface area contributed by atoms with Crippen molar-refractivity contribution in [3.63, 3.8) is 0 Å². The van der Waals surface area contributed by atoms with Gasteiger partial charge in [-0.15, -0.1) is 0 Å². The van der Waals surface area contributed by atoms with Gasteiger partial charge < -0.3 is 5.11 Å². The Morgan fingerprint density at radius 2 is 1.59 bits per heavy atom. The summed E-state index contributed by atoms with van der Waals surface area (Å²) in [4.78, 5) is 17.8. The van der Waals surface area contributed by atoms with Crippen LogP contribution in [0.25, 0.3) is 28.7 Å². The average molecular weight is 354 g/mol. The van der Waals surface area contributed by atoms with Crippen LogP contribution in [0, 0.1) is 6.92 Å². The van der Waals surface area contributed by atoms with E-state index in [4.69, 9.17) is 4.98 Å². The van der Waals surface area contributed by atoms with Crippen molar-refractivity contribution in [2.24, 2.45) is 0 Å². The summed E-state index contributed by atoms with van der Waals surface area (Å²) in [6.07, 6.45) is 3.70. The van der Waals surface area contributed by atoms with Gasteiger partial charge in [0, 0.05) is 0 Å². The zero-order valence-electron chi connectivity index (χ0n) is 14.8. The number of nitrogens with zero attached hydrogens (tertiary/aromatic N) is 2. The lowest BCUT2D eigenvalue weighted by molar-refractivity contribution is 0.475. The standard InChI is InChI=1S/C23H18N2O2/c1-16-6-11-18(12-7-16)25-22(15-10-17-8-13-19(26)14-9-17)24-21-5-3-2-4-20(21)23(25)27/h2-15,26H,1H3/b15-10+. The summed E-state index contributed by atoms with van der Waals surface area (Å²) in [5, 5.41) is 10.0. The average Bonchev–Trinajstić information content (AvgIpc) is 2.69. The van der Waals surface area contributed by atoms with E-state index in [2.05, 4.69) is 0 Å². The molecule has 0 spiro atoms. The first kappa shape index (κ1) is 16.8. The number of aryl methyl sites for hydroxylation is 1. The highest BCUT2D eigenvalue weighted by molar-refractivity contribution is 5.80. The largest absolute Gasteiger partial charge is 0.508 e. The van der Waals surface area contributed by atoms with Gasteiger partial charge in [0.1, 0.15) is 11.6 Å². The summed E-state index contributed by atoms with van der Waals surface area (Å²) >= 11 is 0. The maximum absolute atomic E-state index is 13.1. The van der Waals surface area contributed by atoms with Gasteiger partial charge in [-0.25, -0.2) is 4.98 Å². The minimum Gasteiger partial charge on any atom is -0.508 e. The van der Waals surface area contributed by atoms with Crippen LogP contribution in [0.4, 0.5) is 0 Å². The molecule has 4 nitrogen and oxygen atoms in total. The summed E-state index contributed by atoms with van der Waals surface area (Å²) < 4.78 is 1.62. The number of aromatic hydroxyl groups is 1. The molecular weight excluding hydrogens is 336 g/mol. The van der Waals surface area contributed by atoms with E-state index in [0.29, 0.717) is 16.7 Å². The van der Waals surface area contributed by atoms with E-state index in [1.54, 1.807) is 34.9 Å². The fourth-order valence-electron chi connectivity index (χ4n) is 2.96. The predicted molar refractivity (Wildman–Crippen MR) is 109 cm³/mol. The minimum absolute atomic E-state index is 0.102. The molecule has 0 saturated carbocycles. The summed E-state index contributed by atoms with van der Waals surface area (Å²) in [5.74, 6) is 0.767.